The quantitative estimate of drug-likeness (QED) is 0.801. The summed E-state index contributed by atoms with van der Waals surface area (Å²) in [6.45, 7) is -1.99. The molecule has 3 N–H and O–H groups in total. The molecule has 1 aromatic heterocycles. The lowest BCUT2D eigenvalue weighted by molar-refractivity contribution is -0.119. The van der Waals surface area contributed by atoms with Crippen molar-refractivity contribution in [3.05, 3.63) is 11.5 Å². The molecular formula is C8H10ClF3N4O. The van der Waals surface area contributed by atoms with Crippen molar-refractivity contribution in [2.45, 2.75) is 6.18 Å². The number of anilines is 2. The van der Waals surface area contributed by atoms with Crippen molar-refractivity contribution < 1.29 is 18.3 Å². The maximum Gasteiger partial charge on any atom is 0.405 e. The van der Waals surface area contributed by atoms with Crippen LogP contribution in [0.25, 0.3) is 0 Å². The second-order valence-corrected chi connectivity index (χ2v) is 3.52. The van der Waals surface area contributed by atoms with Crippen molar-refractivity contribution >= 4 is 23.1 Å². The third-order valence-electron chi connectivity index (χ3n) is 1.85. The number of hydrogen-bond donors (Lipinski definition) is 2. The number of halogens is 4. The van der Waals surface area contributed by atoms with E-state index in [2.05, 4.69) is 9.97 Å². The maximum atomic E-state index is 12.3. The van der Waals surface area contributed by atoms with Crippen LogP contribution in [0.3, 0.4) is 0 Å². The van der Waals surface area contributed by atoms with E-state index in [1.54, 1.807) is 0 Å². The van der Waals surface area contributed by atoms with Crippen LogP contribution in [0.15, 0.2) is 6.33 Å². The van der Waals surface area contributed by atoms with E-state index in [-0.39, 0.29) is 23.2 Å². The summed E-state index contributed by atoms with van der Waals surface area (Å²) in [5, 5.41) is 8.60. The molecule has 0 atom stereocenters. The predicted molar refractivity (Wildman–Crippen MR) is 56.8 cm³/mol. The van der Waals surface area contributed by atoms with Crippen LogP contribution in [0, 0.1) is 0 Å². The molecule has 17 heavy (non-hydrogen) atoms. The summed E-state index contributed by atoms with van der Waals surface area (Å²) >= 11 is 5.58. The molecule has 1 heterocycles. The first-order valence-corrected chi connectivity index (χ1v) is 4.91. The summed E-state index contributed by atoms with van der Waals surface area (Å²) in [4.78, 5) is 7.97. The lowest BCUT2D eigenvalue weighted by Gasteiger charge is -2.25. The molecule has 1 rings (SSSR count). The van der Waals surface area contributed by atoms with Gasteiger partial charge in [0.15, 0.2) is 11.0 Å². The number of hydrogen-bond acceptors (Lipinski definition) is 5. The Morgan fingerprint density at radius 2 is 2.06 bits per heavy atom. The van der Waals surface area contributed by atoms with E-state index in [1.807, 2.05) is 0 Å². The van der Waals surface area contributed by atoms with Gasteiger partial charge in [-0.15, -0.1) is 0 Å². The van der Waals surface area contributed by atoms with Gasteiger partial charge in [0.2, 0.25) is 0 Å². The number of aliphatic hydroxyl groups is 1. The summed E-state index contributed by atoms with van der Waals surface area (Å²) in [6.07, 6.45) is -3.42. The average Bonchev–Trinajstić information content (AvgIpc) is 2.19. The number of alkyl halides is 3. The van der Waals surface area contributed by atoms with Crippen LogP contribution in [-0.4, -0.2) is 40.9 Å². The van der Waals surface area contributed by atoms with Gasteiger partial charge in [0.05, 0.1) is 6.61 Å². The Kier molecular flexibility index (Phi) is 4.35. The van der Waals surface area contributed by atoms with Gasteiger partial charge < -0.3 is 15.7 Å². The highest BCUT2D eigenvalue weighted by molar-refractivity contribution is 6.32. The van der Waals surface area contributed by atoms with Gasteiger partial charge in [0.25, 0.3) is 0 Å². The molecule has 0 saturated carbocycles. The van der Waals surface area contributed by atoms with E-state index >= 15 is 0 Å². The molecule has 0 spiro atoms. The Hall–Kier alpha value is -1.28. The molecule has 0 fully saturated rings. The van der Waals surface area contributed by atoms with Gasteiger partial charge in [-0.25, -0.2) is 9.97 Å². The molecule has 0 aromatic carbocycles. The standard InChI is InChI=1S/C8H10ClF3N4O/c9-6-5(13)7(15-4-14-6)16(1-2-17)3-8(10,11)12/h4,17H,1-3,13H2. The zero-order valence-electron chi connectivity index (χ0n) is 8.58. The third kappa shape index (κ3) is 3.90. The largest absolute Gasteiger partial charge is 0.405 e. The highest BCUT2D eigenvalue weighted by Crippen LogP contribution is 2.28. The molecule has 9 heteroatoms. The highest BCUT2D eigenvalue weighted by Gasteiger charge is 2.32. The maximum absolute atomic E-state index is 12.3. The zero-order chi connectivity index (χ0) is 13.1. The average molecular weight is 271 g/mol. The number of aromatic nitrogens is 2. The van der Waals surface area contributed by atoms with Crippen LogP contribution < -0.4 is 10.6 Å². The first-order chi connectivity index (χ1) is 7.85. The van der Waals surface area contributed by atoms with E-state index in [0.717, 1.165) is 11.2 Å². The summed E-state index contributed by atoms with van der Waals surface area (Å²) in [7, 11) is 0. The SMILES string of the molecule is Nc1c(Cl)ncnc1N(CCO)CC(F)(F)F. The van der Waals surface area contributed by atoms with Gasteiger partial charge in [-0.2, -0.15) is 13.2 Å². The molecule has 96 valence electrons. The Morgan fingerprint density at radius 1 is 1.41 bits per heavy atom. The van der Waals surface area contributed by atoms with Crippen LogP contribution in [0.2, 0.25) is 5.15 Å². The fraction of sp³-hybridized carbons (Fsp3) is 0.500. The molecule has 0 bridgehead atoms. The first kappa shape index (κ1) is 13.8. The molecule has 0 aliphatic carbocycles. The first-order valence-electron chi connectivity index (χ1n) is 4.53. The summed E-state index contributed by atoms with van der Waals surface area (Å²) in [5.41, 5.74) is 5.34. The molecule has 1 aromatic rings. The van der Waals surface area contributed by atoms with Crippen LogP contribution >= 0.6 is 11.6 Å². The topological polar surface area (TPSA) is 75.3 Å². The number of nitrogens with two attached hydrogens (primary N) is 1. The summed E-state index contributed by atoms with van der Waals surface area (Å²) in [6, 6.07) is 0. The van der Waals surface area contributed by atoms with E-state index < -0.39 is 19.3 Å². The third-order valence-corrected chi connectivity index (χ3v) is 2.16. The van der Waals surface area contributed by atoms with E-state index in [9.17, 15) is 13.2 Å². The smallest absolute Gasteiger partial charge is 0.395 e. The van der Waals surface area contributed by atoms with Gasteiger partial charge >= 0.3 is 6.18 Å². The number of nitrogen functional groups attached to an aromatic ring is 1. The van der Waals surface area contributed by atoms with Crippen molar-refractivity contribution in [1.29, 1.82) is 0 Å². The number of aliphatic hydroxyl groups excluding tert-OH is 1. The van der Waals surface area contributed by atoms with Gasteiger partial charge in [0, 0.05) is 6.54 Å². The lowest BCUT2D eigenvalue weighted by atomic mass is 10.4. The Bertz CT molecular complexity index is 388. The van der Waals surface area contributed by atoms with Crippen molar-refractivity contribution in [3.63, 3.8) is 0 Å². The summed E-state index contributed by atoms with van der Waals surface area (Å²) < 4.78 is 36.9. The Labute approximate surface area is 100 Å². The molecule has 0 unspecified atom stereocenters. The number of nitrogens with zero attached hydrogens (tertiary/aromatic N) is 3. The minimum atomic E-state index is -4.43. The zero-order valence-corrected chi connectivity index (χ0v) is 9.33. The summed E-state index contributed by atoms with van der Waals surface area (Å²) in [5.74, 6) is -0.142. The van der Waals surface area contributed by atoms with Gasteiger partial charge in [-0.05, 0) is 0 Å². The number of rotatable bonds is 4. The molecule has 0 amide bonds. The normalized spacial score (nSPS) is 11.6. The molecule has 0 aliphatic rings. The van der Waals surface area contributed by atoms with Crippen LogP contribution in [-0.2, 0) is 0 Å². The highest BCUT2D eigenvalue weighted by atomic mass is 35.5. The fourth-order valence-corrected chi connectivity index (χ4v) is 1.34. The Balaban J connectivity index is 3.01. The van der Waals surface area contributed by atoms with E-state index in [0.29, 0.717) is 0 Å². The Morgan fingerprint density at radius 3 is 2.59 bits per heavy atom. The van der Waals surface area contributed by atoms with Crippen molar-refractivity contribution in [2.24, 2.45) is 0 Å². The van der Waals surface area contributed by atoms with Crippen molar-refractivity contribution in [2.75, 3.05) is 30.3 Å². The molecule has 0 radical (unpaired) electrons. The van der Waals surface area contributed by atoms with E-state index in [4.69, 9.17) is 22.4 Å². The second-order valence-electron chi connectivity index (χ2n) is 3.16. The molecule has 5 nitrogen and oxygen atoms in total. The fourth-order valence-electron chi connectivity index (χ4n) is 1.21. The lowest BCUT2D eigenvalue weighted by Crippen LogP contribution is -2.37. The monoisotopic (exact) mass is 270 g/mol. The minimum absolute atomic E-state index is 0.125. The van der Waals surface area contributed by atoms with Crippen LogP contribution in [0.4, 0.5) is 24.7 Å². The van der Waals surface area contributed by atoms with E-state index in [1.165, 1.54) is 0 Å². The van der Waals surface area contributed by atoms with Crippen LogP contribution in [0.1, 0.15) is 0 Å². The minimum Gasteiger partial charge on any atom is -0.395 e. The molecule has 0 saturated heterocycles. The van der Waals surface area contributed by atoms with Gasteiger partial charge in [-0.3, -0.25) is 0 Å². The van der Waals surface area contributed by atoms with Crippen molar-refractivity contribution in [3.8, 4) is 0 Å². The van der Waals surface area contributed by atoms with Gasteiger partial charge in [0.1, 0.15) is 18.6 Å². The van der Waals surface area contributed by atoms with Crippen molar-refractivity contribution in [1.82, 2.24) is 9.97 Å². The second kappa shape index (κ2) is 5.37. The van der Waals surface area contributed by atoms with Gasteiger partial charge in [-0.1, -0.05) is 11.6 Å². The predicted octanol–water partition coefficient (Wildman–Crippen LogP) is 1.07. The molecular weight excluding hydrogens is 261 g/mol. The molecule has 0 aliphatic heterocycles. The van der Waals surface area contributed by atoms with Crippen LogP contribution in [0.5, 0.6) is 0 Å².